The van der Waals surface area contributed by atoms with E-state index < -0.39 is 0 Å². The Morgan fingerprint density at radius 1 is 1.15 bits per heavy atom. The second-order valence-corrected chi connectivity index (χ2v) is 6.28. The molecular weight excluding hydrogens is 246 g/mol. The fourth-order valence-electron chi connectivity index (χ4n) is 2.67. The van der Waals surface area contributed by atoms with Crippen LogP contribution in [0.15, 0.2) is 47.3 Å². The van der Waals surface area contributed by atoms with E-state index in [-0.39, 0.29) is 5.41 Å². The highest BCUT2D eigenvalue weighted by molar-refractivity contribution is 5.36. The topological polar surface area (TPSA) is 25.2 Å². The number of nitrogens with one attached hydrogen (secondary N) is 1. The van der Waals surface area contributed by atoms with Crippen LogP contribution in [0, 0.1) is 0 Å². The lowest BCUT2D eigenvalue weighted by Crippen LogP contribution is -2.26. The molecule has 0 saturated carbocycles. The molecule has 1 aromatic carbocycles. The zero-order chi connectivity index (χ0) is 14.6. The molecule has 0 fully saturated rings. The van der Waals surface area contributed by atoms with Gasteiger partial charge in [-0.1, -0.05) is 52.0 Å². The fourth-order valence-corrected chi connectivity index (χ4v) is 2.67. The van der Waals surface area contributed by atoms with Gasteiger partial charge in [0, 0.05) is 6.04 Å². The second-order valence-electron chi connectivity index (χ2n) is 6.28. The van der Waals surface area contributed by atoms with E-state index in [4.69, 9.17) is 4.42 Å². The van der Waals surface area contributed by atoms with Gasteiger partial charge in [0.1, 0.15) is 0 Å². The van der Waals surface area contributed by atoms with Gasteiger partial charge in [-0.2, -0.15) is 0 Å². The molecule has 0 aliphatic heterocycles. The molecule has 20 heavy (non-hydrogen) atoms. The Bertz CT molecular complexity index is 523. The molecule has 108 valence electrons. The number of rotatable bonds is 5. The molecule has 0 saturated heterocycles. The van der Waals surface area contributed by atoms with Crippen molar-refractivity contribution >= 4 is 0 Å². The molecule has 1 heterocycles. The first-order valence-electron chi connectivity index (χ1n) is 7.36. The SMILES string of the molecule is CCNC(Cc1ccoc1)c1ccccc1C(C)(C)C. The molecule has 1 N–H and O–H groups in total. The van der Waals surface area contributed by atoms with Crippen LogP contribution < -0.4 is 5.32 Å². The second kappa shape index (κ2) is 6.27. The molecule has 1 aromatic heterocycles. The van der Waals surface area contributed by atoms with Crippen molar-refractivity contribution in [2.45, 2.75) is 45.6 Å². The van der Waals surface area contributed by atoms with Gasteiger partial charge in [0.05, 0.1) is 12.5 Å². The average Bonchev–Trinajstić information content (AvgIpc) is 2.90. The van der Waals surface area contributed by atoms with E-state index in [2.05, 4.69) is 57.3 Å². The summed E-state index contributed by atoms with van der Waals surface area (Å²) in [6.07, 6.45) is 4.54. The molecule has 0 amide bonds. The van der Waals surface area contributed by atoms with E-state index in [1.165, 1.54) is 16.7 Å². The molecule has 0 spiro atoms. The van der Waals surface area contributed by atoms with Gasteiger partial charge < -0.3 is 9.73 Å². The van der Waals surface area contributed by atoms with Crippen molar-refractivity contribution < 1.29 is 4.42 Å². The summed E-state index contributed by atoms with van der Waals surface area (Å²) in [5.41, 5.74) is 4.19. The van der Waals surface area contributed by atoms with E-state index in [9.17, 15) is 0 Å². The Morgan fingerprint density at radius 2 is 1.90 bits per heavy atom. The Balaban J connectivity index is 2.34. The first-order valence-corrected chi connectivity index (χ1v) is 7.36. The van der Waals surface area contributed by atoms with Gasteiger partial charge in [0.25, 0.3) is 0 Å². The van der Waals surface area contributed by atoms with Crippen molar-refractivity contribution in [1.82, 2.24) is 5.32 Å². The molecule has 0 aliphatic carbocycles. The van der Waals surface area contributed by atoms with Crippen molar-refractivity contribution in [1.29, 1.82) is 0 Å². The quantitative estimate of drug-likeness (QED) is 0.868. The maximum absolute atomic E-state index is 5.20. The van der Waals surface area contributed by atoms with Crippen molar-refractivity contribution in [3.05, 3.63) is 59.5 Å². The lowest BCUT2D eigenvalue weighted by Gasteiger charge is -2.28. The van der Waals surface area contributed by atoms with Gasteiger partial charge >= 0.3 is 0 Å². The van der Waals surface area contributed by atoms with Gasteiger partial charge in [0.15, 0.2) is 0 Å². The van der Waals surface area contributed by atoms with Crippen LogP contribution in [0.3, 0.4) is 0 Å². The molecule has 0 aliphatic rings. The third kappa shape index (κ3) is 3.51. The maximum Gasteiger partial charge on any atom is 0.0935 e. The van der Waals surface area contributed by atoms with E-state index in [0.717, 1.165) is 13.0 Å². The summed E-state index contributed by atoms with van der Waals surface area (Å²) in [5.74, 6) is 0. The summed E-state index contributed by atoms with van der Waals surface area (Å²) < 4.78 is 5.20. The zero-order valence-electron chi connectivity index (χ0n) is 12.9. The number of hydrogen-bond donors (Lipinski definition) is 1. The standard InChI is InChI=1S/C18H25NO/c1-5-19-17(12-14-10-11-20-13-14)15-8-6-7-9-16(15)18(2,3)4/h6-11,13,17,19H,5,12H2,1-4H3. The summed E-state index contributed by atoms with van der Waals surface area (Å²) >= 11 is 0. The van der Waals surface area contributed by atoms with Crippen LogP contribution in [0.1, 0.15) is 50.4 Å². The minimum absolute atomic E-state index is 0.153. The number of benzene rings is 1. The largest absolute Gasteiger partial charge is 0.472 e. The highest BCUT2D eigenvalue weighted by Crippen LogP contribution is 2.31. The Morgan fingerprint density at radius 3 is 2.50 bits per heavy atom. The molecule has 1 unspecified atom stereocenters. The zero-order valence-corrected chi connectivity index (χ0v) is 12.9. The van der Waals surface area contributed by atoms with Crippen molar-refractivity contribution in [3.8, 4) is 0 Å². The highest BCUT2D eigenvalue weighted by Gasteiger charge is 2.22. The monoisotopic (exact) mass is 271 g/mol. The molecule has 0 radical (unpaired) electrons. The smallest absolute Gasteiger partial charge is 0.0935 e. The molecule has 2 rings (SSSR count). The predicted molar refractivity (Wildman–Crippen MR) is 84.0 cm³/mol. The van der Waals surface area contributed by atoms with Crippen LogP contribution in [-0.4, -0.2) is 6.54 Å². The minimum atomic E-state index is 0.153. The van der Waals surface area contributed by atoms with Crippen LogP contribution >= 0.6 is 0 Å². The van der Waals surface area contributed by atoms with E-state index >= 15 is 0 Å². The Labute approximate surface area is 122 Å². The average molecular weight is 271 g/mol. The molecular formula is C18H25NO. The summed E-state index contributed by atoms with van der Waals surface area (Å²) in [5, 5.41) is 3.61. The summed E-state index contributed by atoms with van der Waals surface area (Å²) in [7, 11) is 0. The summed E-state index contributed by atoms with van der Waals surface area (Å²) in [4.78, 5) is 0. The van der Waals surface area contributed by atoms with Gasteiger partial charge in [-0.25, -0.2) is 0 Å². The summed E-state index contributed by atoms with van der Waals surface area (Å²) in [6.45, 7) is 9.93. The van der Waals surface area contributed by atoms with Crippen LogP contribution in [0.5, 0.6) is 0 Å². The van der Waals surface area contributed by atoms with E-state index in [0.29, 0.717) is 6.04 Å². The number of furan rings is 1. The van der Waals surface area contributed by atoms with Gasteiger partial charge in [0.2, 0.25) is 0 Å². The first-order chi connectivity index (χ1) is 9.52. The molecule has 2 heteroatoms. The van der Waals surface area contributed by atoms with Crippen molar-refractivity contribution in [2.24, 2.45) is 0 Å². The van der Waals surface area contributed by atoms with Crippen molar-refractivity contribution in [3.63, 3.8) is 0 Å². The van der Waals surface area contributed by atoms with Crippen molar-refractivity contribution in [2.75, 3.05) is 6.54 Å². The summed E-state index contributed by atoms with van der Waals surface area (Å²) in [6, 6.07) is 11.1. The van der Waals surface area contributed by atoms with Crippen LogP contribution in [0.2, 0.25) is 0 Å². The number of likely N-dealkylation sites (N-methyl/N-ethyl adjacent to an activating group) is 1. The highest BCUT2D eigenvalue weighted by atomic mass is 16.3. The van der Waals surface area contributed by atoms with Crippen LogP contribution in [0.4, 0.5) is 0 Å². The number of hydrogen-bond acceptors (Lipinski definition) is 2. The molecule has 0 bridgehead atoms. The predicted octanol–water partition coefficient (Wildman–Crippen LogP) is 4.47. The van der Waals surface area contributed by atoms with E-state index in [1.54, 1.807) is 6.26 Å². The normalized spacial score (nSPS) is 13.4. The lowest BCUT2D eigenvalue weighted by atomic mass is 9.81. The first kappa shape index (κ1) is 14.9. The van der Waals surface area contributed by atoms with Gasteiger partial charge in [-0.15, -0.1) is 0 Å². The lowest BCUT2D eigenvalue weighted by molar-refractivity contribution is 0.512. The van der Waals surface area contributed by atoms with Gasteiger partial charge in [-0.3, -0.25) is 0 Å². The molecule has 2 aromatic rings. The third-order valence-corrected chi connectivity index (χ3v) is 3.61. The minimum Gasteiger partial charge on any atom is -0.472 e. The van der Waals surface area contributed by atoms with Crippen LogP contribution in [0.25, 0.3) is 0 Å². The molecule has 2 nitrogen and oxygen atoms in total. The Kier molecular flexibility index (Phi) is 4.66. The van der Waals surface area contributed by atoms with E-state index in [1.807, 2.05) is 12.3 Å². The third-order valence-electron chi connectivity index (χ3n) is 3.61. The fraction of sp³-hybridized carbons (Fsp3) is 0.444. The molecule has 1 atom stereocenters. The van der Waals surface area contributed by atoms with Crippen LogP contribution in [-0.2, 0) is 11.8 Å². The Hall–Kier alpha value is -1.54. The maximum atomic E-state index is 5.20. The van der Waals surface area contributed by atoms with Gasteiger partial charge in [-0.05, 0) is 41.1 Å².